The van der Waals surface area contributed by atoms with Crippen LogP contribution in [0.2, 0.25) is 0 Å². The van der Waals surface area contributed by atoms with Gasteiger partial charge in [-0.1, -0.05) is 19.1 Å². The summed E-state index contributed by atoms with van der Waals surface area (Å²) in [6.07, 6.45) is 2.37. The molecule has 0 saturated heterocycles. The molecule has 7 nitrogen and oxygen atoms in total. The Morgan fingerprint density at radius 2 is 2.04 bits per heavy atom. The highest BCUT2D eigenvalue weighted by Gasteiger charge is 2.14. The zero-order valence-electron chi connectivity index (χ0n) is 12.5. The minimum Gasteiger partial charge on any atom is -0.459 e. The van der Waals surface area contributed by atoms with E-state index in [-0.39, 0.29) is 18.3 Å². The molecule has 0 atom stereocenters. The fourth-order valence-electron chi connectivity index (χ4n) is 2.07. The van der Waals surface area contributed by atoms with E-state index in [1.54, 1.807) is 12.1 Å². The van der Waals surface area contributed by atoms with Gasteiger partial charge in [-0.25, -0.2) is 4.79 Å². The number of nitrogens with zero attached hydrogens (tertiary/aromatic N) is 2. The van der Waals surface area contributed by atoms with Gasteiger partial charge in [0, 0.05) is 5.69 Å². The Morgan fingerprint density at radius 3 is 2.70 bits per heavy atom. The lowest BCUT2D eigenvalue weighted by Gasteiger charge is -2.05. The van der Waals surface area contributed by atoms with Gasteiger partial charge in [0.2, 0.25) is 5.91 Å². The van der Waals surface area contributed by atoms with Gasteiger partial charge in [0.25, 0.3) is 5.89 Å². The van der Waals surface area contributed by atoms with Crippen LogP contribution in [0.3, 0.4) is 0 Å². The number of furan rings is 1. The van der Waals surface area contributed by atoms with E-state index in [9.17, 15) is 9.59 Å². The van der Waals surface area contributed by atoms with E-state index in [1.165, 1.54) is 11.8 Å². The molecule has 0 radical (unpaired) electrons. The number of aryl methyl sites for hydroxylation is 1. The molecule has 0 aliphatic carbocycles. The van der Waals surface area contributed by atoms with Gasteiger partial charge in [-0.05, 0) is 36.2 Å². The third kappa shape index (κ3) is 3.39. The van der Waals surface area contributed by atoms with Gasteiger partial charge in [0.15, 0.2) is 5.76 Å². The molecule has 3 rings (SSSR count). The van der Waals surface area contributed by atoms with Crippen LogP contribution in [0.4, 0.5) is 5.69 Å². The van der Waals surface area contributed by atoms with Gasteiger partial charge < -0.3 is 14.2 Å². The molecule has 0 bridgehead atoms. The molecular weight excluding hydrogens is 298 g/mol. The van der Waals surface area contributed by atoms with Crippen molar-refractivity contribution < 1.29 is 13.6 Å². The second-order valence-corrected chi connectivity index (χ2v) is 4.91. The Morgan fingerprint density at radius 1 is 1.26 bits per heavy atom. The lowest BCUT2D eigenvalue weighted by molar-refractivity contribution is -0.117. The lowest BCUT2D eigenvalue weighted by Crippen LogP contribution is -2.25. The number of hydrogen-bond donors (Lipinski definition) is 1. The molecule has 0 aliphatic heterocycles. The fraction of sp³-hybridized carbons (Fsp3) is 0.188. The lowest BCUT2D eigenvalue weighted by atomic mass is 10.1. The SMILES string of the molecule is CCc1ccc(NC(=O)Cn2nc(-c3ccco3)oc2=O)cc1. The quantitative estimate of drug-likeness (QED) is 0.780. The Labute approximate surface area is 131 Å². The van der Waals surface area contributed by atoms with Crippen LogP contribution in [0, 0.1) is 0 Å². The van der Waals surface area contributed by atoms with Gasteiger partial charge in [0.1, 0.15) is 6.54 Å². The topological polar surface area (TPSA) is 90.3 Å². The number of aromatic nitrogens is 2. The number of anilines is 1. The highest BCUT2D eigenvalue weighted by atomic mass is 16.4. The van der Waals surface area contributed by atoms with Gasteiger partial charge in [0.05, 0.1) is 6.26 Å². The molecule has 3 aromatic rings. The average molecular weight is 313 g/mol. The molecule has 23 heavy (non-hydrogen) atoms. The third-order valence-electron chi connectivity index (χ3n) is 3.28. The molecule has 1 N–H and O–H groups in total. The van der Waals surface area contributed by atoms with E-state index in [4.69, 9.17) is 8.83 Å². The number of benzene rings is 1. The molecule has 0 spiro atoms. The summed E-state index contributed by atoms with van der Waals surface area (Å²) in [7, 11) is 0. The molecule has 0 unspecified atom stereocenters. The van der Waals surface area contributed by atoms with Crippen LogP contribution in [0.25, 0.3) is 11.7 Å². The molecule has 118 valence electrons. The predicted octanol–water partition coefficient (Wildman–Crippen LogP) is 2.30. The van der Waals surface area contributed by atoms with E-state index in [0.29, 0.717) is 11.4 Å². The molecule has 0 saturated carbocycles. The molecular formula is C16H15N3O4. The number of rotatable bonds is 5. The van der Waals surface area contributed by atoms with E-state index in [1.807, 2.05) is 24.3 Å². The van der Waals surface area contributed by atoms with Crippen molar-refractivity contribution in [2.45, 2.75) is 19.9 Å². The average Bonchev–Trinajstić information content (AvgIpc) is 3.18. The Hall–Kier alpha value is -3.09. The first kappa shape index (κ1) is 14.8. The summed E-state index contributed by atoms with van der Waals surface area (Å²) in [5.41, 5.74) is 1.84. The standard InChI is InChI=1S/C16H15N3O4/c1-2-11-5-7-12(8-6-11)17-14(20)10-19-16(21)23-15(18-19)13-4-3-9-22-13/h3-9H,2,10H2,1H3,(H,17,20). The van der Waals surface area contributed by atoms with Crippen LogP contribution in [-0.2, 0) is 17.8 Å². The summed E-state index contributed by atoms with van der Waals surface area (Å²) in [6, 6.07) is 10.8. The maximum atomic E-state index is 12.0. The Kier molecular flexibility index (Phi) is 4.09. The van der Waals surface area contributed by atoms with Crippen LogP contribution in [0.1, 0.15) is 12.5 Å². The monoisotopic (exact) mass is 313 g/mol. The zero-order valence-corrected chi connectivity index (χ0v) is 12.5. The van der Waals surface area contributed by atoms with Gasteiger partial charge in [-0.2, -0.15) is 4.68 Å². The number of carbonyl (C=O) groups is 1. The number of carbonyl (C=O) groups excluding carboxylic acids is 1. The van der Waals surface area contributed by atoms with Gasteiger partial charge >= 0.3 is 5.76 Å². The van der Waals surface area contributed by atoms with Crippen LogP contribution >= 0.6 is 0 Å². The van der Waals surface area contributed by atoms with Crippen molar-refractivity contribution in [3.63, 3.8) is 0 Å². The maximum Gasteiger partial charge on any atom is 0.437 e. The van der Waals surface area contributed by atoms with E-state index in [2.05, 4.69) is 17.3 Å². The summed E-state index contributed by atoms with van der Waals surface area (Å²) >= 11 is 0. The van der Waals surface area contributed by atoms with Crippen LogP contribution in [-0.4, -0.2) is 15.7 Å². The largest absolute Gasteiger partial charge is 0.459 e. The van der Waals surface area contributed by atoms with E-state index >= 15 is 0 Å². The second-order valence-electron chi connectivity index (χ2n) is 4.91. The summed E-state index contributed by atoms with van der Waals surface area (Å²) in [5.74, 6) is -0.708. The Balaban J connectivity index is 1.69. The highest BCUT2D eigenvalue weighted by Crippen LogP contribution is 2.15. The summed E-state index contributed by atoms with van der Waals surface area (Å²) in [6.45, 7) is 1.82. The van der Waals surface area contributed by atoms with Crippen molar-refractivity contribution in [2.75, 3.05) is 5.32 Å². The fourth-order valence-corrected chi connectivity index (χ4v) is 2.07. The van der Waals surface area contributed by atoms with Crippen LogP contribution in [0.5, 0.6) is 0 Å². The Bertz CT molecular complexity index is 844. The molecule has 1 aromatic carbocycles. The third-order valence-corrected chi connectivity index (χ3v) is 3.28. The second kappa shape index (κ2) is 6.35. The normalized spacial score (nSPS) is 10.7. The first-order valence-corrected chi connectivity index (χ1v) is 7.16. The van der Waals surface area contributed by atoms with Crippen molar-refractivity contribution >= 4 is 11.6 Å². The van der Waals surface area contributed by atoms with Crippen LogP contribution in [0.15, 0.2) is 56.3 Å². The summed E-state index contributed by atoms with van der Waals surface area (Å²) in [4.78, 5) is 23.7. The minimum atomic E-state index is -0.715. The maximum absolute atomic E-state index is 12.0. The smallest absolute Gasteiger partial charge is 0.437 e. The summed E-state index contributed by atoms with van der Waals surface area (Å²) in [5, 5.41) is 6.65. The van der Waals surface area contributed by atoms with Crippen LogP contribution < -0.4 is 11.1 Å². The molecule has 1 amide bonds. The predicted molar refractivity (Wildman–Crippen MR) is 82.9 cm³/mol. The number of nitrogens with one attached hydrogen (secondary N) is 1. The van der Waals surface area contributed by atoms with Crippen molar-refractivity contribution in [2.24, 2.45) is 0 Å². The van der Waals surface area contributed by atoms with Crippen molar-refractivity contribution in [3.8, 4) is 11.7 Å². The van der Waals surface area contributed by atoms with Crippen molar-refractivity contribution in [1.82, 2.24) is 9.78 Å². The number of amides is 1. The zero-order chi connectivity index (χ0) is 16.2. The molecule has 7 heteroatoms. The van der Waals surface area contributed by atoms with E-state index < -0.39 is 5.76 Å². The van der Waals surface area contributed by atoms with E-state index in [0.717, 1.165) is 11.1 Å². The van der Waals surface area contributed by atoms with Gasteiger partial charge in [-0.15, -0.1) is 5.10 Å². The number of hydrogen-bond acceptors (Lipinski definition) is 5. The molecule has 0 aliphatic rings. The van der Waals surface area contributed by atoms with Crippen molar-refractivity contribution in [3.05, 3.63) is 58.8 Å². The molecule has 0 fully saturated rings. The minimum absolute atomic E-state index is 0.0418. The van der Waals surface area contributed by atoms with Crippen molar-refractivity contribution in [1.29, 1.82) is 0 Å². The summed E-state index contributed by atoms with van der Waals surface area (Å²) < 4.78 is 11.0. The highest BCUT2D eigenvalue weighted by molar-refractivity contribution is 5.90. The molecule has 2 aromatic heterocycles. The van der Waals surface area contributed by atoms with Gasteiger partial charge in [-0.3, -0.25) is 4.79 Å². The first-order valence-electron chi connectivity index (χ1n) is 7.16. The molecule has 2 heterocycles. The first-order chi connectivity index (χ1) is 11.2.